The largest absolute Gasteiger partial charge is 0.334 e. The van der Waals surface area contributed by atoms with Gasteiger partial charge in [0.2, 0.25) is 0 Å². The maximum atomic E-state index is 13.3. The number of benzene rings is 3. The number of hydrogen-bond donors (Lipinski definition) is 0. The molecule has 4 heteroatoms. The summed E-state index contributed by atoms with van der Waals surface area (Å²) >= 11 is 0. The summed E-state index contributed by atoms with van der Waals surface area (Å²) in [5.41, 5.74) is 4.20. The first-order valence-corrected chi connectivity index (χ1v) is 10.2. The third kappa shape index (κ3) is 5.23. The molecule has 0 aliphatic heterocycles. The van der Waals surface area contributed by atoms with Crippen molar-refractivity contribution >= 4 is 5.91 Å². The van der Waals surface area contributed by atoms with Gasteiger partial charge in [-0.15, -0.1) is 0 Å². The molecule has 4 rings (SSSR count). The zero-order valence-corrected chi connectivity index (χ0v) is 16.9. The Bertz CT molecular complexity index is 1040. The number of amides is 1. The van der Waals surface area contributed by atoms with Gasteiger partial charge in [-0.05, 0) is 41.3 Å². The van der Waals surface area contributed by atoms with Crippen LogP contribution in [-0.4, -0.2) is 27.1 Å². The summed E-state index contributed by atoms with van der Waals surface area (Å²) in [6.45, 7) is 1.97. The van der Waals surface area contributed by atoms with E-state index >= 15 is 0 Å². The summed E-state index contributed by atoms with van der Waals surface area (Å²) in [5.74, 6) is 0.0559. The molecule has 0 unspecified atom stereocenters. The van der Waals surface area contributed by atoms with Crippen LogP contribution in [0.4, 0.5) is 0 Å². The third-order valence-electron chi connectivity index (χ3n) is 5.12. The van der Waals surface area contributed by atoms with E-state index in [2.05, 4.69) is 29.4 Å². The molecular formula is C26H25N3O. The maximum absolute atomic E-state index is 13.3. The van der Waals surface area contributed by atoms with Crippen LogP contribution in [0.2, 0.25) is 0 Å². The van der Waals surface area contributed by atoms with Crippen molar-refractivity contribution < 1.29 is 4.79 Å². The smallest absolute Gasteiger partial charge is 0.254 e. The van der Waals surface area contributed by atoms with Crippen LogP contribution in [-0.2, 0) is 19.5 Å². The average molecular weight is 396 g/mol. The molecule has 3 aromatic carbocycles. The average Bonchev–Trinajstić information content (AvgIpc) is 3.31. The Kier molecular flexibility index (Phi) is 6.35. The molecule has 30 heavy (non-hydrogen) atoms. The highest BCUT2D eigenvalue weighted by Crippen LogP contribution is 2.14. The predicted octanol–water partition coefficient (Wildman–Crippen LogP) is 4.82. The van der Waals surface area contributed by atoms with Gasteiger partial charge < -0.3 is 4.90 Å². The molecule has 0 fully saturated rings. The van der Waals surface area contributed by atoms with Gasteiger partial charge in [0.05, 0.1) is 6.54 Å². The molecule has 1 amide bonds. The molecule has 4 nitrogen and oxygen atoms in total. The van der Waals surface area contributed by atoms with E-state index < -0.39 is 0 Å². The second-order valence-electron chi connectivity index (χ2n) is 7.35. The van der Waals surface area contributed by atoms with Crippen molar-refractivity contribution in [1.82, 2.24) is 14.7 Å². The summed E-state index contributed by atoms with van der Waals surface area (Å²) in [6, 6.07) is 30.2. The summed E-state index contributed by atoms with van der Waals surface area (Å²) in [5, 5.41) is 4.24. The van der Waals surface area contributed by atoms with Gasteiger partial charge in [-0.3, -0.25) is 9.48 Å². The fraction of sp³-hybridized carbons (Fsp3) is 0.154. The van der Waals surface area contributed by atoms with E-state index in [1.54, 1.807) is 6.20 Å². The van der Waals surface area contributed by atoms with E-state index in [0.717, 1.165) is 17.5 Å². The van der Waals surface area contributed by atoms with Gasteiger partial charge in [-0.2, -0.15) is 5.10 Å². The molecule has 0 aliphatic carbocycles. The number of aromatic nitrogens is 2. The topological polar surface area (TPSA) is 38.1 Å². The minimum absolute atomic E-state index is 0.0559. The SMILES string of the molecule is O=C(c1ccc(Cn2cccn2)cc1)N(CCc1ccccc1)Cc1ccccc1. The van der Waals surface area contributed by atoms with Gasteiger partial charge in [-0.1, -0.05) is 72.8 Å². The van der Waals surface area contributed by atoms with Crippen molar-refractivity contribution in [2.45, 2.75) is 19.5 Å². The Morgan fingerprint density at radius 2 is 1.43 bits per heavy atom. The van der Waals surface area contributed by atoms with Gasteiger partial charge in [0, 0.05) is 31.0 Å². The number of hydrogen-bond acceptors (Lipinski definition) is 2. The van der Waals surface area contributed by atoms with Gasteiger partial charge in [-0.25, -0.2) is 0 Å². The van der Waals surface area contributed by atoms with Crippen molar-refractivity contribution in [3.63, 3.8) is 0 Å². The van der Waals surface area contributed by atoms with Crippen molar-refractivity contribution in [2.75, 3.05) is 6.54 Å². The minimum atomic E-state index is 0.0559. The first kappa shape index (κ1) is 19.6. The van der Waals surface area contributed by atoms with Crippen LogP contribution < -0.4 is 0 Å². The molecule has 1 heterocycles. The van der Waals surface area contributed by atoms with E-state index in [9.17, 15) is 4.79 Å². The Labute approximate surface area is 177 Å². The van der Waals surface area contributed by atoms with Crippen molar-refractivity contribution in [2.24, 2.45) is 0 Å². The van der Waals surface area contributed by atoms with Gasteiger partial charge in [0.15, 0.2) is 0 Å². The van der Waals surface area contributed by atoms with Crippen molar-refractivity contribution in [3.8, 4) is 0 Å². The highest BCUT2D eigenvalue weighted by Gasteiger charge is 2.16. The highest BCUT2D eigenvalue weighted by atomic mass is 16.2. The molecule has 0 radical (unpaired) electrons. The van der Waals surface area contributed by atoms with Crippen LogP contribution in [0.5, 0.6) is 0 Å². The lowest BCUT2D eigenvalue weighted by Crippen LogP contribution is -2.32. The summed E-state index contributed by atoms with van der Waals surface area (Å²) < 4.78 is 1.87. The van der Waals surface area contributed by atoms with E-state index in [1.165, 1.54) is 5.56 Å². The maximum Gasteiger partial charge on any atom is 0.254 e. The lowest BCUT2D eigenvalue weighted by molar-refractivity contribution is 0.0745. The lowest BCUT2D eigenvalue weighted by atomic mass is 10.1. The monoisotopic (exact) mass is 395 g/mol. The zero-order chi connectivity index (χ0) is 20.6. The fourth-order valence-corrected chi connectivity index (χ4v) is 3.48. The quantitative estimate of drug-likeness (QED) is 0.429. The molecule has 0 saturated heterocycles. The highest BCUT2D eigenvalue weighted by molar-refractivity contribution is 5.94. The van der Waals surface area contributed by atoms with Crippen LogP contribution >= 0.6 is 0 Å². The number of carbonyl (C=O) groups is 1. The Balaban J connectivity index is 1.48. The molecule has 0 aliphatic rings. The fourth-order valence-electron chi connectivity index (χ4n) is 3.48. The molecule has 150 valence electrons. The first-order chi connectivity index (χ1) is 14.8. The Morgan fingerprint density at radius 1 is 0.767 bits per heavy atom. The van der Waals surface area contributed by atoms with Crippen molar-refractivity contribution in [3.05, 3.63) is 126 Å². The molecule has 0 saturated carbocycles. The lowest BCUT2D eigenvalue weighted by Gasteiger charge is -2.23. The molecular weight excluding hydrogens is 370 g/mol. The van der Waals surface area contributed by atoms with E-state index in [4.69, 9.17) is 0 Å². The van der Waals surface area contributed by atoms with Crippen molar-refractivity contribution in [1.29, 1.82) is 0 Å². The van der Waals surface area contributed by atoms with Crippen LogP contribution in [0.1, 0.15) is 27.0 Å². The summed E-state index contributed by atoms with van der Waals surface area (Å²) in [7, 11) is 0. The predicted molar refractivity (Wildman–Crippen MR) is 119 cm³/mol. The molecule has 0 spiro atoms. The molecule has 4 aromatic rings. The Morgan fingerprint density at radius 3 is 2.07 bits per heavy atom. The summed E-state index contributed by atoms with van der Waals surface area (Å²) in [6.07, 6.45) is 4.53. The first-order valence-electron chi connectivity index (χ1n) is 10.2. The van der Waals surface area contributed by atoms with Crippen LogP contribution in [0, 0.1) is 0 Å². The standard InChI is InChI=1S/C26H25N3O/c30-26(25-14-12-24(13-15-25)21-29-18-7-17-27-29)28(20-23-10-5-2-6-11-23)19-16-22-8-3-1-4-9-22/h1-15,17-18H,16,19-21H2. The number of nitrogens with zero attached hydrogens (tertiary/aromatic N) is 3. The molecule has 0 N–H and O–H groups in total. The normalized spacial score (nSPS) is 10.7. The van der Waals surface area contributed by atoms with E-state index in [1.807, 2.05) is 82.5 Å². The van der Waals surface area contributed by atoms with Crippen LogP contribution in [0.3, 0.4) is 0 Å². The van der Waals surface area contributed by atoms with Crippen LogP contribution in [0.15, 0.2) is 103 Å². The second kappa shape index (κ2) is 9.70. The van der Waals surface area contributed by atoms with Crippen LogP contribution in [0.25, 0.3) is 0 Å². The van der Waals surface area contributed by atoms with E-state index in [-0.39, 0.29) is 5.91 Å². The van der Waals surface area contributed by atoms with E-state index in [0.29, 0.717) is 25.2 Å². The second-order valence-corrected chi connectivity index (χ2v) is 7.35. The third-order valence-corrected chi connectivity index (χ3v) is 5.12. The summed E-state index contributed by atoms with van der Waals surface area (Å²) in [4.78, 5) is 15.2. The Hall–Kier alpha value is -3.66. The zero-order valence-electron chi connectivity index (χ0n) is 16.9. The number of rotatable bonds is 8. The molecule has 0 bridgehead atoms. The van der Waals surface area contributed by atoms with Gasteiger partial charge in [0.1, 0.15) is 0 Å². The van der Waals surface area contributed by atoms with Gasteiger partial charge in [0.25, 0.3) is 5.91 Å². The number of carbonyl (C=O) groups excluding carboxylic acids is 1. The minimum Gasteiger partial charge on any atom is -0.334 e. The molecule has 1 aromatic heterocycles. The molecule has 0 atom stereocenters. The van der Waals surface area contributed by atoms with Gasteiger partial charge >= 0.3 is 0 Å².